The van der Waals surface area contributed by atoms with E-state index in [0.29, 0.717) is 19.0 Å². The molecule has 0 saturated carbocycles. The molecule has 0 aromatic carbocycles. The minimum Gasteiger partial charge on any atom is -0.468 e. The maximum absolute atomic E-state index is 12.2. The van der Waals surface area contributed by atoms with Gasteiger partial charge < -0.3 is 19.2 Å². The highest BCUT2D eigenvalue weighted by atomic mass is 31.2. The van der Waals surface area contributed by atoms with Crippen LogP contribution < -0.4 is 5.73 Å². The van der Waals surface area contributed by atoms with Crippen LogP contribution >= 0.6 is 7.60 Å². The molecule has 0 spiro atoms. The van der Waals surface area contributed by atoms with Crippen LogP contribution in [0.4, 0.5) is 0 Å². The molecule has 1 heterocycles. The summed E-state index contributed by atoms with van der Waals surface area (Å²) in [7, 11) is -3.10. The van der Waals surface area contributed by atoms with Crippen LogP contribution in [0.25, 0.3) is 0 Å². The molecule has 16 heavy (non-hydrogen) atoms. The standard InChI is InChI=1S/C10H18NO4P/c1-3-14-16(12,15-4-2)8-9(11)10-6-5-7-13-10/h5-7,9H,3-4,8,11H2,1-2H3. The van der Waals surface area contributed by atoms with Gasteiger partial charge in [0, 0.05) is 0 Å². The summed E-state index contributed by atoms with van der Waals surface area (Å²) in [6.07, 6.45) is 1.66. The summed E-state index contributed by atoms with van der Waals surface area (Å²) in [5, 5.41) is 0. The molecule has 2 N–H and O–H groups in total. The largest absolute Gasteiger partial charge is 0.468 e. The highest BCUT2D eigenvalue weighted by Gasteiger charge is 2.28. The molecule has 0 amide bonds. The molecule has 6 heteroatoms. The van der Waals surface area contributed by atoms with Gasteiger partial charge in [0.25, 0.3) is 0 Å². The lowest BCUT2D eigenvalue weighted by Gasteiger charge is -2.19. The summed E-state index contributed by atoms with van der Waals surface area (Å²) in [5.74, 6) is 0.583. The quantitative estimate of drug-likeness (QED) is 0.749. The number of hydrogen-bond donors (Lipinski definition) is 1. The van der Waals surface area contributed by atoms with Gasteiger partial charge in [-0.05, 0) is 26.0 Å². The molecule has 0 aliphatic carbocycles. The van der Waals surface area contributed by atoms with Crippen molar-refractivity contribution in [3.8, 4) is 0 Å². The summed E-state index contributed by atoms with van der Waals surface area (Å²) in [6, 6.07) is 3.01. The Morgan fingerprint density at radius 3 is 2.50 bits per heavy atom. The monoisotopic (exact) mass is 247 g/mol. The lowest BCUT2D eigenvalue weighted by molar-refractivity contribution is 0.217. The van der Waals surface area contributed by atoms with Gasteiger partial charge in [0.1, 0.15) is 5.76 Å². The van der Waals surface area contributed by atoms with Crippen molar-refractivity contribution in [2.45, 2.75) is 19.9 Å². The van der Waals surface area contributed by atoms with Gasteiger partial charge in [-0.3, -0.25) is 4.57 Å². The second-order valence-electron chi connectivity index (χ2n) is 3.25. The molecule has 0 aliphatic heterocycles. The Hall–Kier alpha value is -0.610. The van der Waals surface area contributed by atoms with Crippen LogP contribution in [-0.2, 0) is 13.6 Å². The molecule has 1 aromatic heterocycles. The molecule has 1 atom stereocenters. The van der Waals surface area contributed by atoms with Gasteiger partial charge in [0.05, 0.1) is 31.7 Å². The summed E-state index contributed by atoms with van der Waals surface area (Å²) < 4.78 is 27.6. The molecule has 0 fully saturated rings. The van der Waals surface area contributed by atoms with Crippen molar-refractivity contribution in [1.82, 2.24) is 0 Å². The Morgan fingerprint density at radius 1 is 1.44 bits per heavy atom. The number of hydrogen-bond acceptors (Lipinski definition) is 5. The second kappa shape index (κ2) is 6.21. The van der Waals surface area contributed by atoms with Crippen LogP contribution in [0.2, 0.25) is 0 Å². The summed E-state index contributed by atoms with van der Waals surface area (Å²) >= 11 is 0. The molecular formula is C10H18NO4P. The van der Waals surface area contributed by atoms with Crippen LogP contribution in [0, 0.1) is 0 Å². The molecule has 0 bridgehead atoms. The molecule has 0 radical (unpaired) electrons. The highest BCUT2D eigenvalue weighted by Crippen LogP contribution is 2.50. The van der Waals surface area contributed by atoms with Gasteiger partial charge >= 0.3 is 7.60 Å². The van der Waals surface area contributed by atoms with E-state index >= 15 is 0 Å². The average Bonchev–Trinajstić information content (AvgIpc) is 2.70. The highest BCUT2D eigenvalue weighted by molar-refractivity contribution is 7.53. The Morgan fingerprint density at radius 2 is 2.06 bits per heavy atom. The molecule has 1 unspecified atom stereocenters. The molecule has 1 rings (SSSR count). The van der Waals surface area contributed by atoms with E-state index in [2.05, 4.69) is 0 Å². The van der Waals surface area contributed by atoms with E-state index in [4.69, 9.17) is 19.2 Å². The fourth-order valence-electron chi connectivity index (χ4n) is 1.37. The minimum atomic E-state index is -3.10. The van der Waals surface area contributed by atoms with Crippen molar-refractivity contribution in [2.24, 2.45) is 5.73 Å². The third kappa shape index (κ3) is 3.76. The fourth-order valence-corrected chi connectivity index (χ4v) is 3.10. The van der Waals surface area contributed by atoms with Gasteiger partial charge in [-0.15, -0.1) is 0 Å². The zero-order valence-corrected chi connectivity index (χ0v) is 10.5. The summed E-state index contributed by atoms with van der Waals surface area (Å²) in [5.41, 5.74) is 5.86. The van der Waals surface area contributed by atoms with E-state index in [1.165, 1.54) is 6.26 Å². The van der Waals surface area contributed by atoms with E-state index in [1.807, 2.05) is 0 Å². The average molecular weight is 247 g/mol. The fraction of sp³-hybridized carbons (Fsp3) is 0.600. The molecule has 0 aliphatic rings. The first kappa shape index (κ1) is 13.5. The Bertz CT molecular complexity index is 329. The van der Waals surface area contributed by atoms with Gasteiger partial charge in [-0.1, -0.05) is 0 Å². The number of rotatable bonds is 7. The van der Waals surface area contributed by atoms with E-state index in [9.17, 15) is 4.57 Å². The molecule has 92 valence electrons. The third-order valence-corrected chi connectivity index (χ3v) is 4.12. The molecule has 0 saturated heterocycles. The molecular weight excluding hydrogens is 229 g/mol. The van der Waals surface area contributed by atoms with Gasteiger partial charge in [-0.25, -0.2) is 0 Å². The maximum atomic E-state index is 12.2. The van der Waals surface area contributed by atoms with E-state index in [-0.39, 0.29) is 6.16 Å². The van der Waals surface area contributed by atoms with E-state index < -0.39 is 13.6 Å². The van der Waals surface area contributed by atoms with Crippen molar-refractivity contribution in [1.29, 1.82) is 0 Å². The predicted octanol–water partition coefficient (Wildman–Crippen LogP) is 2.55. The maximum Gasteiger partial charge on any atom is 0.332 e. The topological polar surface area (TPSA) is 74.7 Å². The van der Waals surface area contributed by atoms with Gasteiger partial charge in [0.2, 0.25) is 0 Å². The van der Waals surface area contributed by atoms with E-state index in [1.54, 1.807) is 26.0 Å². The molecule has 1 aromatic rings. The lowest BCUT2D eigenvalue weighted by atomic mass is 10.3. The van der Waals surface area contributed by atoms with Crippen molar-refractivity contribution in [2.75, 3.05) is 19.4 Å². The Kier molecular flexibility index (Phi) is 5.22. The van der Waals surface area contributed by atoms with Gasteiger partial charge in [0.15, 0.2) is 0 Å². The second-order valence-corrected chi connectivity index (χ2v) is 5.35. The first-order chi connectivity index (χ1) is 7.61. The van der Waals surface area contributed by atoms with Gasteiger partial charge in [-0.2, -0.15) is 0 Å². The Balaban J connectivity index is 2.64. The van der Waals surface area contributed by atoms with Crippen molar-refractivity contribution in [3.63, 3.8) is 0 Å². The molecule has 5 nitrogen and oxygen atoms in total. The normalized spacial score (nSPS) is 13.9. The number of nitrogens with two attached hydrogens (primary N) is 1. The van der Waals surface area contributed by atoms with Crippen LogP contribution in [0.3, 0.4) is 0 Å². The Labute approximate surface area is 95.4 Å². The first-order valence-corrected chi connectivity index (χ1v) is 7.01. The first-order valence-electron chi connectivity index (χ1n) is 5.28. The number of furan rings is 1. The van der Waals surface area contributed by atoms with Crippen LogP contribution in [0.1, 0.15) is 25.6 Å². The van der Waals surface area contributed by atoms with Crippen LogP contribution in [-0.4, -0.2) is 19.4 Å². The zero-order chi connectivity index (χ0) is 12.0. The van der Waals surface area contributed by atoms with E-state index in [0.717, 1.165) is 0 Å². The van der Waals surface area contributed by atoms with Crippen LogP contribution in [0.15, 0.2) is 22.8 Å². The smallest absolute Gasteiger partial charge is 0.332 e. The SMILES string of the molecule is CCOP(=O)(CC(N)c1ccco1)OCC. The van der Waals surface area contributed by atoms with Crippen molar-refractivity contribution < 1.29 is 18.0 Å². The lowest BCUT2D eigenvalue weighted by Crippen LogP contribution is -2.16. The van der Waals surface area contributed by atoms with Crippen molar-refractivity contribution >= 4 is 7.60 Å². The van der Waals surface area contributed by atoms with Crippen LogP contribution in [0.5, 0.6) is 0 Å². The third-order valence-electron chi connectivity index (χ3n) is 1.98. The minimum absolute atomic E-state index is 0.127. The summed E-state index contributed by atoms with van der Waals surface area (Å²) in [6.45, 7) is 4.21. The van der Waals surface area contributed by atoms with Crippen molar-refractivity contribution in [3.05, 3.63) is 24.2 Å². The summed E-state index contributed by atoms with van der Waals surface area (Å²) in [4.78, 5) is 0. The predicted molar refractivity (Wildman–Crippen MR) is 61.4 cm³/mol. The zero-order valence-electron chi connectivity index (χ0n) is 9.59.